The van der Waals surface area contributed by atoms with Crippen LogP contribution in [0, 0.1) is 0 Å². The second-order valence-electron chi connectivity index (χ2n) is 2.88. The Morgan fingerprint density at radius 1 is 1.33 bits per heavy atom. The van der Waals surface area contributed by atoms with E-state index < -0.39 is 0 Å². The standard InChI is InChI=1S/C10H8Cl2N2S/c11-7-2-1-3-8(10(7)12)14-6-9-13-4-5-15-9/h1-5,14H,6H2. The molecule has 0 radical (unpaired) electrons. The van der Waals surface area contributed by atoms with Crippen LogP contribution in [0.4, 0.5) is 5.69 Å². The van der Waals surface area contributed by atoms with Crippen LogP contribution in [-0.2, 0) is 6.54 Å². The van der Waals surface area contributed by atoms with Crippen LogP contribution in [0.5, 0.6) is 0 Å². The molecule has 0 saturated carbocycles. The van der Waals surface area contributed by atoms with Gasteiger partial charge in [0.25, 0.3) is 0 Å². The molecule has 2 rings (SSSR count). The van der Waals surface area contributed by atoms with E-state index in [1.807, 2.05) is 17.5 Å². The molecule has 0 bridgehead atoms. The molecule has 5 heteroatoms. The third-order valence-corrected chi connectivity index (χ3v) is 3.46. The van der Waals surface area contributed by atoms with Gasteiger partial charge in [0, 0.05) is 11.6 Å². The van der Waals surface area contributed by atoms with Crippen molar-refractivity contribution in [2.24, 2.45) is 0 Å². The molecule has 15 heavy (non-hydrogen) atoms. The summed E-state index contributed by atoms with van der Waals surface area (Å²) in [7, 11) is 0. The Bertz CT molecular complexity index is 443. The second-order valence-corrected chi connectivity index (χ2v) is 4.65. The van der Waals surface area contributed by atoms with Gasteiger partial charge in [-0.3, -0.25) is 0 Å². The van der Waals surface area contributed by atoms with Gasteiger partial charge < -0.3 is 5.32 Å². The minimum Gasteiger partial charge on any atom is -0.377 e. The minimum absolute atomic E-state index is 0.552. The maximum absolute atomic E-state index is 6.02. The first-order valence-corrected chi connectivity index (χ1v) is 5.97. The Hall–Kier alpha value is -0.770. The van der Waals surface area contributed by atoms with E-state index in [0.29, 0.717) is 16.6 Å². The first-order valence-electron chi connectivity index (χ1n) is 4.33. The zero-order valence-corrected chi connectivity index (χ0v) is 10.0. The van der Waals surface area contributed by atoms with E-state index in [4.69, 9.17) is 23.2 Å². The van der Waals surface area contributed by atoms with Crippen molar-refractivity contribution in [2.75, 3.05) is 5.32 Å². The summed E-state index contributed by atoms with van der Waals surface area (Å²) in [6, 6.07) is 5.51. The van der Waals surface area contributed by atoms with E-state index in [0.717, 1.165) is 10.7 Å². The number of halogens is 2. The number of rotatable bonds is 3. The third kappa shape index (κ3) is 2.62. The van der Waals surface area contributed by atoms with Gasteiger partial charge in [-0.1, -0.05) is 29.3 Å². The Balaban J connectivity index is 2.08. The van der Waals surface area contributed by atoms with Crippen LogP contribution in [0.25, 0.3) is 0 Å². The summed E-state index contributed by atoms with van der Waals surface area (Å²) in [6.45, 7) is 0.664. The van der Waals surface area contributed by atoms with Crippen molar-refractivity contribution in [3.05, 3.63) is 44.8 Å². The van der Waals surface area contributed by atoms with E-state index >= 15 is 0 Å². The van der Waals surface area contributed by atoms with Crippen molar-refractivity contribution in [2.45, 2.75) is 6.54 Å². The number of anilines is 1. The summed E-state index contributed by atoms with van der Waals surface area (Å²) in [4.78, 5) is 4.16. The fourth-order valence-corrected chi connectivity index (χ4v) is 2.07. The van der Waals surface area contributed by atoms with Gasteiger partial charge in [0.15, 0.2) is 0 Å². The van der Waals surface area contributed by atoms with E-state index in [-0.39, 0.29) is 0 Å². The average Bonchev–Trinajstić information content (AvgIpc) is 2.73. The highest BCUT2D eigenvalue weighted by atomic mass is 35.5. The topological polar surface area (TPSA) is 24.9 Å². The summed E-state index contributed by atoms with van der Waals surface area (Å²) in [5.74, 6) is 0. The number of aromatic nitrogens is 1. The third-order valence-electron chi connectivity index (χ3n) is 1.87. The summed E-state index contributed by atoms with van der Waals surface area (Å²) in [6.07, 6.45) is 1.78. The zero-order valence-electron chi connectivity index (χ0n) is 7.71. The van der Waals surface area contributed by atoms with Crippen molar-refractivity contribution in [3.63, 3.8) is 0 Å². The van der Waals surface area contributed by atoms with Crippen LogP contribution in [-0.4, -0.2) is 4.98 Å². The summed E-state index contributed by atoms with van der Waals surface area (Å²) in [5, 5.41) is 7.26. The molecule has 0 fully saturated rings. The molecule has 1 N–H and O–H groups in total. The number of nitrogens with one attached hydrogen (secondary N) is 1. The highest BCUT2D eigenvalue weighted by molar-refractivity contribution is 7.09. The highest BCUT2D eigenvalue weighted by Crippen LogP contribution is 2.29. The number of hydrogen-bond donors (Lipinski definition) is 1. The molecule has 78 valence electrons. The van der Waals surface area contributed by atoms with Gasteiger partial charge in [-0.25, -0.2) is 4.98 Å². The fraction of sp³-hybridized carbons (Fsp3) is 0.100. The lowest BCUT2D eigenvalue weighted by Gasteiger charge is -2.07. The lowest BCUT2D eigenvalue weighted by atomic mass is 10.3. The van der Waals surface area contributed by atoms with Crippen LogP contribution in [0.15, 0.2) is 29.8 Å². The predicted octanol–water partition coefficient (Wildman–Crippen LogP) is 4.06. The summed E-state index contributed by atoms with van der Waals surface area (Å²) < 4.78 is 0. The molecular formula is C10H8Cl2N2S. The summed E-state index contributed by atoms with van der Waals surface area (Å²) >= 11 is 13.5. The molecular weight excluding hydrogens is 251 g/mol. The Morgan fingerprint density at radius 3 is 2.93 bits per heavy atom. The van der Waals surface area contributed by atoms with Crippen LogP contribution in [0.3, 0.4) is 0 Å². The van der Waals surface area contributed by atoms with Crippen molar-refractivity contribution in [1.29, 1.82) is 0 Å². The fourth-order valence-electron chi connectivity index (χ4n) is 1.15. The molecule has 1 aromatic heterocycles. The first-order chi connectivity index (χ1) is 7.27. The molecule has 2 aromatic rings. The van der Waals surface area contributed by atoms with Gasteiger partial charge in [-0.2, -0.15) is 0 Å². The zero-order chi connectivity index (χ0) is 10.7. The molecule has 1 heterocycles. The molecule has 0 aliphatic rings. The average molecular weight is 259 g/mol. The molecule has 1 aromatic carbocycles. The number of benzene rings is 1. The first kappa shape index (κ1) is 10.7. The van der Waals surface area contributed by atoms with Crippen molar-refractivity contribution >= 4 is 40.2 Å². The lowest BCUT2D eigenvalue weighted by molar-refractivity contribution is 1.10. The van der Waals surface area contributed by atoms with Crippen molar-refractivity contribution < 1.29 is 0 Å². The molecule has 0 spiro atoms. The Morgan fingerprint density at radius 2 is 2.20 bits per heavy atom. The van der Waals surface area contributed by atoms with Gasteiger partial charge in [-0.05, 0) is 12.1 Å². The molecule has 2 nitrogen and oxygen atoms in total. The van der Waals surface area contributed by atoms with Gasteiger partial charge in [-0.15, -0.1) is 11.3 Å². The largest absolute Gasteiger partial charge is 0.377 e. The highest BCUT2D eigenvalue weighted by Gasteiger charge is 2.03. The van der Waals surface area contributed by atoms with E-state index in [1.54, 1.807) is 23.6 Å². The van der Waals surface area contributed by atoms with Crippen LogP contribution in [0.2, 0.25) is 10.0 Å². The molecule has 0 unspecified atom stereocenters. The minimum atomic E-state index is 0.552. The monoisotopic (exact) mass is 258 g/mol. The van der Waals surface area contributed by atoms with Crippen LogP contribution >= 0.6 is 34.5 Å². The number of hydrogen-bond acceptors (Lipinski definition) is 3. The summed E-state index contributed by atoms with van der Waals surface area (Å²) in [5.41, 5.74) is 0.833. The molecule has 0 aliphatic carbocycles. The molecule has 0 atom stereocenters. The molecule has 0 saturated heterocycles. The quantitative estimate of drug-likeness (QED) is 0.898. The Labute approximate surface area is 102 Å². The molecule has 0 amide bonds. The van der Waals surface area contributed by atoms with Crippen LogP contribution < -0.4 is 5.32 Å². The normalized spacial score (nSPS) is 10.3. The predicted molar refractivity (Wildman–Crippen MR) is 65.9 cm³/mol. The van der Waals surface area contributed by atoms with Gasteiger partial charge in [0.05, 0.1) is 22.3 Å². The van der Waals surface area contributed by atoms with Gasteiger partial charge in [0.2, 0.25) is 0 Å². The number of nitrogens with zero attached hydrogens (tertiary/aromatic N) is 1. The number of thiazole rings is 1. The SMILES string of the molecule is Clc1cccc(NCc2nccs2)c1Cl. The maximum atomic E-state index is 6.02. The van der Waals surface area contributed by atoms with Crippen LogP contribution in [0.1, 0.15) is 5.01 Å². The van der Waals surface area contributed by atoms with E-state index in [9.17, 15) is 0 Å². The smallest absolute Gasteiger partial charge is 0.112 e. The van der Waals surface area contributed by atoms with Gasteiger partial charge >= 0.3 is 0 Å². The second kappa shape index (κ2) is 4.84. The van der Waals surface area contributed by atoms with Gasteiger partial charge in [0.1, 0.15) is 5.01 Å². The maximum Gasteiger partial charge on any atom is 0.112 e. The van der Waals surface area contributed by atoms with Crippen molar-refractivity contribution in [3.8, 4) is 0 Å². The van der Waals surface area contributed by atoms with E-state index in [2.05, 4.69) is 10.3 Å². The molecule has 0 aliphatic heterocycles. The van der Waals surface area contributed by atoms with E-state index in [1.165, 1.54) is 0 Å². The lowest BCUT2D eigenvalue weighted by Crippen LogP contribution is -1.99. The Kier molecular flexibility index (Phi) is 3.46. The van der Waals surface area contributed by atoms with Crippen molar-refractivity contribution in [1.82, 2.24) is 4.98 Å².